The Bertz CT molecular complexity index is 2550. The van der Waals surface area contributed by atoms with Crippen LogP contribution in [0.5, 0.6) is 5.75 Å². The number of nitrogen functional groups attached to an aromatic ring is 2. The fraction of sp³-hybridized carbons (Fsp3) is 0.0385. The molecule has 4 aromatic carbocycles. The number of anilines is 6. The van der Waals surface area contributed by atoms with E-state index in [-0.39, 0.29) is 28.3 Å². The van der Waals surface area contributed by atoms with Crippen molar-refractivity contribution in [2.24, 2.45) is 10.2 Å². The van der Waals surface area contributed by atoms with Crippen LogP contribution in [0.3, 0.4) is 0 Å². The van der Waals surface area contributed by atoms with Crippen LogP contribution in [0.2, 0.25) is 5.28 Å². The molecule has 0 atom stereocenters. The minimum Gasteiger partial charge on any atom is -0.507 e. The van der Waals surface area contributed by atoms with Gasteiger partial charge in [0.1, 0.15) is 26.9 Å². The van der Waals surface area contributed by atoms with Gasteiger partial charge in [-0.2, -0.15) is 40.2 Å². The minimum atomic E-state index is -5.09. The van der Waals surface area contributed by atoms with Gasteiger partial charge in [-0.05, 0) is 71.9 Å². The van der Waals surface area contributed by atoms with Crippen molar-refractivity contribution in [1.29, 1.82) is 0 Å². The molecule has 0 fully saturated rings. The van der Waals surface area contributed by atoms with Gasteiger partial charge in [-0.1, -0.05) is 6.07 Å². The second-order valence-corrected chi connectivity index (χ2v) is 14.6. The molecule has 0 aliphatic carbocycles. The monoisotopic (exact) mass is 751 g/mol. The number of phenolic OH excluding ortho intramolecular Hbond substituents is 1. The summed E-state index contributed by atoms with van der Waals surface area (Å²) in [5, 5.41) is 22.7. The fourth-order valence-electron chi connectivity index (χ4n) is 4.41. The first-order chi connectivity index (χ1) is 22.7. The number of benzene rings is 4. The van der Waals surface area contributed by atoms with Crippen LogP contribution in [-0.4, -0.2) is 59.0 Å². The van der Waals surface area contributed by atoms with Gasteiger partial charge >= 0.3 is 0 Å². The summed E-state index contributed by atoms with van der Waals surface area (Å²) in [4.78, 5) is 9.46. The number of nitrogens with two attached hydrogens (primary N) is 2. The molecule has 0 aliphatic rings. The van der Waals surface area contributed by atoms with Crippen LogP contribution in [0.15, 0.2) is 79.5 Å². The number of phenols is 1. The minimum absolute atomic E-state index is 0.0106. The second-order valence-electron chi connectivity index (χ2n) is 10.1. The van der Waals surface area contributed by atoms with Gasteiger partial charge < -0.3 is 27.2 Å². The molecule has 19 nitrogen and oxygen atoms in total. The molecule has 5 rings (SSSR count). The van der Waals surface area contributed by atoms with Crippen LogP contribution in [-0.2, 0) is 30.4 Å². The van der Waals surface area contributed by atoms with E-state index < -0.39 is 73.2 Å². The van der Waals surface area contributed by atoms with Gasteiger partial charge in [0.15, 0.2) is 0 Å². The third-order valence-electron chi connectivity index (χ3n) is 6.56. The summed E-state index contributed by atoms with van der Waals surface area (Å²) >= 11 is 6.06. The normalized spacial score (nSPS) is 12.4. The van der Waals surface area contributed by atoms with Crippen LogP contribution < -0.4 is 22.1 Å². The lowest BCUT2D eigenvalue weighted by atomic mass is 10.1. The number of rotatable bonds is 9. The molecule has 1 aromatic heterocycles. The Morgan fingerprint density at radius 2 is 1.41 bits per heavy atom. The predicted molar refractivity (Wildman–Crippen MR) is 177 cm³/mol. The van der Waals surface area contributed by atoms with Crippen LogP contribution in [0.1, 0.15) is 5.56 Å². The van der Waals surface area contributed by atoms with Crippen molar-refractivity contribution in [2.45, 2.75) is 21.6 Å². The molecule has 49 heavy (non-hydrogen) atoms. The number of aryl methyl sites for hydroxylation is 1. The third-order valence-corrected chi connectivity index (χ3v) is 9.33. The Labute approximate surface area is 282 Å². The molecule has 0 amide bonds. The average molecular weight is 752 g/mol. The molecule has 0 spiro atoms. The Morgan fingerprint density at radius 1 is 0.755 bits per heavy atom. The van der Waals surface area contributed by atoms with Crippen molar-refractivity contribution in [1.82, 2.24) is 15.0 Å². The van der Waals surface area contributed by atoms with Crippen LogP contribution in [0.4, 0.5) is 46.0 Å². The van der Waals surface area contributed by atoms with Crippen molar-refractivity contribution in [3.63, 3.8) is 0 Å². The summed E-state index contributed by atoms with van der Waals surface area (Å²) in [5.41, 5.74) is 11.7. The van der Waals surface area contributed by atoms with E-state index in [2.05, 4.69) is 35.8 Å². The zero-order chi connectivity index (χ0) is 36.1. The van der Waals surface area contributed by atoms with E-state index in [0.29, 0.717) is 23.5 Å². The summed E-state index contributed by atoms with van der Waals surface area (Å²) in [6.45, 7) is 1.84. The van der Waals surface area contributed by atoms with E-state index in [1.54, 1.807) is 18.2 Å². The lowest BCUT2D eigenvalue weighted by Crippen LogP contribution is -2.06. The highest BCUT2D eigenvalue weighted by atomic mass is 35.5. The number of nitrogens with zero attached hydrogens (tertiary/aromatic N) is 5. The number of fused-ring (bicyclic) bond motifs is 1. The highest BCUT2D eigenvalue weighted by molar-refractivity contribution is 7.86. The van der Waals surface area contributed by atoms with Gasteiger partial charge in [0, 0.05) is 11.8 Å². The Morgan fingerprint density at radius 3 is 2.04 bits per heavy atom. The molecular formula is C26H22ClN9O10S3. The van der Waals surface area contributed by atoms with E-state index in [1.807, 2.05) is 6.92 Å². The molecule has 0 saturated carbocycles. The lowest BCUT2D eigenvalue weighted by Gasteiger charge is -2.13. The van der Waals surface area contributed by atoms with Gasteiger partial charge in [-0.25, -0.2) is 0 Å². The van der Waals surface area contributed by atoms with E-state index in [1.165, 1.54) is 6.07 Å². The maximum absolute atomic E-state index is 12.4. The summed E-state index contributed by atoms with van der Waals surface area (Å²) in [6.07, 6.45) is 0. The van der Waals surface area contributed by atoms with Gasteiger partial charge in [0.05, 0.1) is 27.3 Å². The topological polar surface area (TPSA) is 323 Å². The standard InChI is InChI=1S/C26H22ClN9O10S3/c1-11-2-4-15(28)17(6-11)31-26-33-24(27)32-25(34-26)30-13-3-5-16(19(9-13)48(41,42)43)35-36-23-21-12(8-20(22(23)29)49(44,45)46)7-14(10-18(21)37)47(38,39)40/h2-10,37H,28-29H2,1H3,(H,38,39,40)(H,41,42,43)(H,44,45,46)(H2,30,31,32,33,34). The highest BCUT2D eigenvalue weighted by Gasteiger charge is 2.25. The van der Waals surface area contributed by atoms with E-state index in [9.17, 15) is 44.0 Å². The molecule has 0 saturated heterocycles. The molecule has 1 heterocycles. The zero-order valence-corrected chi connectivity index (χ0v) is 27.6. The number of nitrogens with one attached hydrogen (secondary N) is 2. The Balaban J connectivity index is 1.57. The van der Waals surface area contributed by atoms with Crippen molar-refractivity contribution in [3.8, 4) is 5.75 Å². The first-order valence-corrected chi connectivity index (χ1v) is 17.8. The van der Waals surface area contributed by atoms with E-state index in [0.717, 1.165) is 23.8 Å². The first kappa shape index (κ1) is 35.1. The molecule has 23 heteroatoms. The molecule has 10 N–H and O–H groups in total. The fourth-order valence-corrected chi connectivity index (χ4v) is 6.40. The molecule has 0 aliphatic heterocycles. The number of hydrogen-bond donors (Lipinski definition) is 8. The molecule has 0 bridgehead atoms. The number of hydrogen-bond acceptors (Lipinski definition) is 16. The van der Waals surface area contributed by atoms with Crippen molar-refractivity contribution in [2.75, 3.05) is 22.1 Å². The first-order valence-electron chi connectivity index (χ1n) is 13.1. The molecule has 256 valence electrons. The average Bonchev–Trinajstić information content (AvgIpc) is 2.97. The van der Waals surface area contributed by atoms with Crippen molar-refractivity contribution >= 4 is 98.7 Å². The summed E-state index contributed by atoms with van der Waals surface area (Å²) in [5.74, 6) is -1.05. The highest BCUT2D eigenvalue weighted by Crippen LogP contribution is 2.44. The predicted octanol–water partition coefficient (Wildman–Crippen LogP) is 4.50. The smallest absolute Gasteiger partial charge is 0.296 e. The van der Waals surface area contributed by atoms with E-state index >= 15 is 0 Å². The third kappa shape index (κ3) is 7.75. The number of aromatic nitrogens is 3. The van der Waals surface area contributed by atoms with Gasteiger partial charge in [0.2, 0.25) is 17.2 Å². The van der Waals surface area contributed by atoms with Crippen LogP contribution in [0.25, 0.3) is 10.8 Å². The van der Waals surface area contributed by atoms with Crippen molar-refractivity contribution < 1.29 is 44.0 Å². The molecule has 5 aromatic rings. The zero-order valence-electron chi connectivity index (χ0n) is 24.4. The summed E-state index contributed by atoms with van der Waals surface area (Å²) < 4.78 is 101. The maximum atomic E-state index is 12.4. The van der Waals surface area contributed by atoms with Gasteiger partial charge in [-0.3, -0.25) is 13.7 Å². The maximum Gasteiger partial charge on any atom is 0.296 e. The Hall–Kier alpha value is -5.23. The summed E-state index contributed by atoms with van der Waals surface area (Å²) in [6, 6.07) is 10.5. The summed E-state index contributed by atoms with van der Waals surface area (Å²) in [7, 11) is -15.0. The number of azo groups is 1. The van der Waals surface area contributed by atoms with Crippen LogP contribution in [0, 0.1) is 6.92 Å². The lowest BCUT2D eigenvalue weighted by molar-refractivity contribution is 0.471. The molecular weight excluding hydrogens is 730 g/mol. The largest absolute Gasteiger partial charge is 0.507 e. The number of aromatic hydroxyl groups is 1. The Kier molecular flexibility index (Phi) is 9.07. The number of halogens is 1. The van der Waals surface area contributed by atoms with Gasteiger partial charge in [0.25, 0.3) is 30.4 Å². The second kappa shape index (κ2) is 12.7. The quantitative estimate of drug-likeness (QED) is 0.0583. The molecule has 0 radical (unpaired) electrons. The van der Waals surface area contributed by atoms with Crippen LogP contribution >= 0.6 is 11.6 Å². The SMILES string of the molecule is Cc1ccc(N)c(Nc2nc(Cl)nc(Nc3ccc(N=Nc4c(N)c(S(=O)(=O)O)cc5cc(S(=O)(=O)O)cc(O)c45)c(S(=O)(=O)O)c3)n2)c1. The van der Waals surface area contributed by atoms with E-state index in [4.69, 9.17) is 23.1 Å². The van der Waals surface area contributed by atoms with Gasteiger partial charge in [-0.15, -0.1) is 10.2 Å². The molecule has 0 unspecified atom stereocenters. The van der Waals surface area contributed by atoms with Crippen molar-refractivity contribution in [3.05, 3.63) is 65.4 Å².